The Morgan fingerprint density at radius 3 is 2.91 bits per heavy atom. The number of hydrogen-bond acceptors (Lipinski definition) is 2. The molecule has 0 bridgehead atoms. The largest absolute Gasteiger partial charge is 0.397 e. The van der Waals surface area contributed by atoms with Crippen LogP contribution in [0.4, 0.5) is 5.69 Å². The SMILES string of the molecule is CC[C@@H](C)c1ccncc1N. The first-order chi connectivity index (χ1) is 5.25. The van der Waals surface area contributed by atoms with E-state index in [1.54, 1.807) is 12.4 Å². The van der Waals surface area contributed by atoms with E-state index in [4.69, 9.17) is 5.73 Å². The monoisotopic (exact) mass is 150 g/mol. The van der Waals surface area contributed by atoms with E-state index in [2.05, 4.69) is 18.8 Å². The summed E-state index contributed by atoms with van der Waals surface area (Å²) in [6.45, 7) is 4.33. The second kappa shape index (κ2) is 3.37. The summed E-state index contributed by atoms with van der Waals surface area (Å²) in [5.41, 5.74) is 7.75. The lowest BCUT2D eigenvalue weighted by molar-refractivity contribution is 0.734. The van der Waals surface area contributed by atoms with Crippen LogP contribution in [0.3, 0.4) is 0 Å². The fourth-order valence-corrected chi connectivity index (χ4v) is 1.09. The second-order valence-electron chi connectivity index (χ2n) is 2.81. The van der Waals surface area contributed by atoms with Crippen molar-refractivity contribution in [2.24, 2.45) is 0 Å². The van der Waals surface area contributed by atoms with Gasteiger partial charge in [-0.3, -0.25) is 4.98 Å². The van der Waals surface area contributed by atoms with Gasteiger partial charge in [0.05, 0.1) is 11.9 Å². The molecule has 60 valence electrons. The van der Waals surface area contributed by atoms with Crippen molar-refractivity contribution < 1.29 is 0 Å². The van der Waals surface area contributed by atoms with Gasteiger partial charge in [0, 0.05) is 6.20 Å². The highest BCUT2D eigenvalue weighted by Crippen LogP contribution is 2.22. The lowest BCUT2D eigenvalue weighted by Gasteiger charge is -2.10. The van der Waals surface area contributed by atoms with Gasteiger partial charge in [-0.15, -0.1) is 0 Å². The van der Waals surface area contributed by atoms with Crippen LogP contribution in [0, 0.1) is 0 Å². The zero-order valence-corrected chi connectivity index (χ0v) is 7.04. The first kappa shape index (κ1) is 8.05. The minimum Gasteiger partial charge on any atom is -0.397 e. The zero-order valence-electron chi connectivity index (χ0n) is 7.04. The van der Waals surface area contributed by atoms with Gasteiger partial charge in [0.25, 0.3) is 0 Å². The Kier molecular flexibility index (Phi) is 2.47. The van der Waals surface area contributed by atoms with E-state index < -0.39 is 0 Å². The second-order valence-corrected chi connectivity index (χ2v) is 2.81. The molecule has 0 saturated carbocycles. The molecule has 1 aromatic heterocycles. The Hall–Kier alpha value is -1.05. The van der Waals surface area contributed by atoms with Gasteiger partial charge < -0.3 is 5.73 Å². The molecule has 0 aliphatic rings. The third-order valence-electron chi connectivity index (χ3n) is 2.03. The van der Waals surface area contributed by atoms with Gasteiger partial charge in [0.2, 0.25) is 0 Å². The Bertz CT molecular complexity index is 233. The highest BCUT2D eigenvalue weighted by atomic mass is 14.7. The molecule has 1 atom stereocenters. The van der Waals surface area contributed by atoms with Gasteiger partial charge in [0.15, 0.2) is 0 Å². The Morgan fingerprint density at radius 2 is 2.36 bits per heavy atom. The van der Waals surface area contributed by atoms with E-state index in [-0.39, 0.29) is 0 Å². The smallest absolute Gasteiger partial charge is 0.0535 e. The van der Waals surface area contributed by atoms with Crippen LogP contribution in [0.15, 0.2) is 18.5 Å². The van der Waals surface area contributed by atoms with Crippen LogP contribution in [0.2, 0.25) is 0 Å². The number of nitrogen functional groups attached to an aromatic ring is 1. The molecule has 0 aliphatic heterocycles. The third-order valence-corrected chi connectivity index (χ3v) is 2.03. The van der Waals surface area contributed by atoms with E-state index in [0.29, 0.717) is 5.92 Å². The summed E-state index contributed by atoms with van der Waals surface area (Å²) < 4.78 is 0. The number of nitrogens with two attached hydrogens (primary N) is 1. The molecule has 0 fully saturated rings. The highest BCUT2D eigenvalue weighted by molar-refractivity contribution is 5.45. The Labute approximate surface area is 67.5 Å². The van der Waals surface area contributed by atoms with E-state index in [0.717, 1.165) is 12.1 Å². The highest BCUT2D eigenvalue weighted by Gasteiger charge is 2.04. The average molecular weight is 150 g/mol. The Balaban J connectivity index is 2.93. The summed E-state index contributed by atoms with van der Waals surface area (Å²) in [6.07, 6.45) is 4.62. The molecule has 0 unspecified atom stereocenters. The first-order valence-corrected chi connectivity index (χ1v) is 3.95. The van der Waals surface area contributed by atoms with Crippen molar-refractivity contribution in [3.8, 4) is 0 Å². The van der Waals surface area contributed by atoms with Gasteiger partial charge in [-0.05, 0) is 24.0 Å². The predicted molar refractivity (Wildman–Crippen MR) is 47.4 cm³/mol. The van der Waals surface area contributed by atoms with Crippen molar-refractivity contribution in [1.82, 2.24) is 4.98 Å². The van der Waals surface area contributed by atoms with Crippen LogP contribution >= 0.6 is 0 Å². The van der Waals surface area contributed by atoms with Gasteiger partial charge in [-0.1, -0.05) is 13.8 Å². The number of pyridine rings is 1. The van der Waals surface area contributed by atoms with E-state index in [1.807, 2.05) is 6.07 Å². The summed E-state index contributed by atoms with van der Waals surface area (Å²) in [5.74, 6) is 0.540. The molecular formula is C9H14N2. The minimum atomic E-state index is 0.540. The normalized spacial score (nSPS) is 12.9. The predicted octanol–water partition coefficient (Wildman–Crippen LogP) is 2.18. The van der Waals surface area contributed by atoms with E-state index in [1.165, 1.54) is 5.56 Å². The summed E-state index contributed by atoms with van der Waals surface area (Å²) in [5, 5.41) is 0. The van der Waals surface area contributed by atoms with Crippen molar-refractivity contribution in [3.05, 3.63) is 24.0 Å². The van der Waals surface area contributed by atoms with Crippen LogP contribution < -0.4 is 5.73 Å². The fraction of sp³-hybridized carbons (Fsp3) is 0.444. The molecule has 1 heterocycles. The maximum absolute atomic E-state index is 5.73. The van der Waals surface area contributed by atoms with Gasteiger partial charge in [0.1, 0.15) is 0 Å². The van der Waals surface area contributed by atoms with Crippen molar-refractivity contribution in [1.29, 1.82) is 0 Å². The van der Waals surface area contributed by atoms with Crippen LogP contribution in [0.5, 0.6) is 0 Å². The van der Waals surface area contributed by atoms with Crippen molar-refractivity contribution in [2.45, 2.75) is 26.2 Å². The van der Waals surface area contributed by atoms with Crippen molar-refractivity contribution in [3.63, 3.8) is 0 Å². The number of rotatable bonds is 2. The summed E-state index contributed by atoms with van der Waals surface area (Å²) in [7, 11) is 0. The van der Waals surface area contributed by atoms with E-state index >= 15 is 0 Å². The minimum absolute atomic E-state index is 0.540. The number of hydrogen-bond donors (Lipinski definition) is 1. The molecule has 0 aliphatic carbocycles. The molecule has 0 spiro atoms. The van der Waals surface area contributed by atoms with Gasteiger partial charge in [-0.2, -0.15) is 0 Å². The summed E-state index contributed by atoms with van der Waals surface area (Å²) in [4.78, 5) is 3.94. The van der Waals surface area contributed by atoms with Crippen molar-refractivity contribution >= 4 is 5.69 Å². The molecule has 11 heavy (non-hydrogen) atoms. The Morgan fingerprint density at radius 1 is 1.64 bits per heavy atom. The molecule has 2 heteroatoms. The molecule has 0 radical (unpaired) electrons. The number of aromatic nitrogens is 1. The molecule has 2 nitrogen and oxygen atoms in total. The number of nitrogens with zero attached hydrogens (tertiary/aromatic N) is 1. The van der Waals surface area contributed by atoms with Crippen LogP contribution in [-0.4, -0.2) is 4.98 Å². The molecular weight excluding hydrogens is 136 g/mol. The van der Waals surface area contributed by atoms with Crippen LogP contribution in [-0.2, 0) is 0 Å². The summed E-state index contributed by atoms with van der Waals surface area (Å²) >= 11 is 0. The lowest BCUT2D eigenvalue weighted by Crippen LogP contribution is -1.98. The van der Waals surface area contributed by atoms with Gasteiger partial charge >= 0.3 is 0 Å². The zero-order chi connectivity index (χ0) is 8.27. The fourth-order valence-electron chi connectivity index (χ4n) is 1.09. The van der Waals surface area contributed by atoms with Crippen LogP contribution in [0.25, 0.3) is 0 Å². The standard InChI is InChI=1S/C9H14N2/c1-3-7(2)8-4-5-11-6-9(8)10/h4-7H,3,10H2,1-2H3/t7-/m1/s1. The average Bonchev–Trinajstić information content (AvgIpc) is 2.04. The van der Waals surface area contributed by atoms with Crippen molar-refractivity contribution in [2.75, 3.05) is 5.73 Å². The maximum Gasteiger partial charge on any atom is 0.0535 e. The van der Waals surface area contributed by atoms with Crippen LogP contribution in [0.1, 0.15) is 31.7 Å². The number of anilines is 1. The topological polar surface area (TPSA) is 38.9 Å². The molecule has 0 aromatic carbocycles. The molecule has 1 aromatic rings. The first-order valence-electron chi connectivity index (χ1n) is 3.95. The van der Waals surface area contributed by atoms with Gasteiger partial charge in [-0.25, -0.2) is 0 Å². The van der Waals surface area contributed by atoms with E-state index in [9.17, 15) is 0 Å². The quantitative estimate of drug-likeness (QED) is 0.701. The molecule has 1 rings (SSSR count). The molecule has 0 saturated heterocycles. The molecule has 2 N–H and O–H groups in total. The third kappa shape index (κ3) is 1.70. The maximum atomic E-state index is 5.73. The molecule has 0 amide bonds. The summed E-state index contributed by atoms with van der Waals surface area (Å²) in [6, 6.07) is 1.99. The lowest BCUT2D eigenvalue weighted by atomic mass is 9.99.